The summed E-state index contributed by atoms with van der Waals surface area (Å²) in [5.41, 5.74) is 1.79. The van der Waals surface area contributed by atoms with Gasteiger partial charge < -0.3 is 9.15 Å². The summed E-state index contributed by atoms with van der Waals surface area (Å²) in [4.78, 5) is 24.0. The van der Waals surface area contributed by atoms with Gasteiger partial charge in [-0.15, -0.1) is 0 Å². The number of carbonyl (C=O) groups excluding carboxylic acids is 1. The van der Waals surface area contributed by atoms with E-state index in [2.05, 4.69) is 0 Å². The summed E-state index contributed by atoms with van der Waals surface area (Å²) < 4.78 is 11.4. The molecule has 2 aromatic carbocycles. The minimum absolute atomic E-state index is 0.230. The molecule has 0 aliphatic rings. The zero-order valence-corrected chi connectivity index (χ0v) is 11.4. The Morgan fingerprint density at radius 2 is 1.95 bits per heavy atom. The molecule has 0 aliphatic carbocycles. The lowest BCUT2D eigenvalue weighted by Crippen LogP contribution is -2.27. The zero-order valence-electron chi connectivity index (χ0n) is 11.4. The number of carbonyl (C=O) groups is 1. The van der Waals surface area contributed by atoms with Gasteiger partial charge in [0.15, 0.2) is 12.2 Å². The number of oxazole rings is 1. The van der Waals surface area contributed by atoms with Gasteiger partial charge in [0.2, 0.25) is 0 Å². The maximum Gasteiger partial charge on any atom is 0.426 e. The lowest BCUT2D eigenvalue weighted by Gasteiger charge is -2.05. The molecule has 0 atom stereocenters. The van der Waals surface area contributed by atoms with Crippen molar-refractivity contribution in [3.05, 3.63) is 64.6 Å². The number of aryl methyl sites for hydroxylation is 1. The molecule has 0 spiro atoms. The largest absolute Gasteiger partial charge is 0.484 e. The molecule has 21 heavy (non-hydrogen) atoms. The molecule has 3 rings (SSSR count). The van der Waals surface area contributed by atoms with E-state index in [0.717, 1.165) is 10.1 Å². The third-order valence-corrected chi connectivity index (χ3v) is 3.09. The van der Waals surface area contributed by atoms with Gasteiger partial charge in [-0.2, -0.15) is 0 Å². The van der Waals surface area contributed by atoms with Crippen LogP contribution >= 0.6 is 0 Å². The van der Waals surface area contributed by atoms with Crippen LogP contribution in [0.3, 0.4) is 0 Å². The Kier molecular flexibility index (Phi) is 3.31. The monoisotopic (exact) mass is 283 g/mol. The third kappa shape index (κ3) is 2.58. The van der Waals surface area contributed by atoms with Crippen LogP contribution in [0.5, 0.6) is 5.75 Å². The van der Waals surface area contributed by atoms with E-state index in [1.165, 1.54) is 0 Å². The summed E-state index contributed by atoms with van der Waals surface area (Å²) in [5, 5.41) is 0. The molecule has 0 unspecified atom stereocenters. The van der Waals surface area contributed by atoms with Crippen LogP contribution < -0.4 is 10.5 Å². The first kappa shape index (κ1) is 13.2. The van der Waals surface area contributed by atoms with Crippen LogP contribution in [0.2, 0.25) is 0 Å². The summed E-state index contributed by atoms with van der Waals surface area (Å²) in [7, 11) is 0. The molecule has 0 fully saturated rings. The lowest BCUT2D eigenvalue weighted by atomic mass is 10.2. The molecule has 1 aromatic heterocycles. The summed E-state index contributed by atoms with van der Waals surface area (Å²) in [6, 6.07) is 14.2. The number of hydrogen-bond donors (Lipinski definition) is 0. The van der Waals surface area contributed by atoms with Crippen LogP contribution in [-0.2, 0) is 0 Å². The van der Waals surface area contributed by atoms with E-state index >= 15 is 0 Å². The van der Waals surface area contributed by atoms with E-state index in [0.29, 0.717) is 16.8 Å². The van der Waals surface area contributed by atoms with E-state index in [9.17, 15) is 9.59 Å². The van der Waals surface area contributed by atoms with E-state index in [1.54, 1.807) is 24.3 Å². The van der Waals surface area contributed by atoms with Gasteiger partial charge in [-0.05, 0) is 36.8 Å². The number of nitrogens with zero attached hydrogens (tertiary/aromatic N) is 1. The van der Waals surface area contributed by atoms with Crippen molar-refractivity contribution in [2.24, 2.45) is 0 Å². The molecule has 0 saturated carbocycles. The number of hydrogen-bond acceptors (Lipinski definition) is 4. The quantitative estimate of drug-likeness (QED) is 0.741. The standard InChI is InChI=1S/C16H13NO4/c1-11-7-8-14-13(9-11)17(16(19)21-14)15(18)10-20-12-5-3-2-4-6-12/h2-9H,10H2,1H3. The number of ether oxygens (including phenoxy) is 1. The van der Waals surface area contributed by atoms with Crippen molar-refractivity contribution < 1.29 is 13.9 Å². The molecule has 0 amide bonds. The Bertz CT molecular complexity index is 846. The summed E-state index contributed by atoms with van der Waals surface area (Å²) in [6.07, 6.45) is 0. The lowest BCUT2D eigenvalue weighted by molar-refractivity contribution is 0.0834. The van der Waals surface area contributed by atoms with Crippen molar-refractivity contribution in [1.29, 1.82) is 0 Å². The molecule has 3 aromatic rings. The van der Waals surface area contributed by atoms with Crippen molar-refractivity contribution in [2.45, 2.75) is 6.92 Å². The van der Waals surface area contributed by atoms with E-state index < -0.39 is 11.7 Å². The van der Waals surface area contributed by atoms with Crippen molar-refractivity contribution in [2.75, 3.05) is 6.61 Å². The Morgan fingerprint density at radius 1 is 1.19 bits per heavy atom. The predicted molar refractivity (Wildman–Crippen MR) is 77.8 cm³/mol. The molecule has 0 aliphatic heterocycles. The van der Waals surface area contributed by atoms with Gasteiger partial charge in [-0.1, -0.05) is 24.3 Å². The van der Waals surface area contributed by atoms with Crippen molar-refractivity contribution in [3.8, 4) is 5.75 Å². The number of aromatic nitrogens is 1. The Morgan fingerprint density at radius 3 is 2.71 bits per heavy atom. The first-order valence-corrected chi connectivity index (χ1v) is 6.48. The highest BCUT2D eigenvalue weighted by atomic mass is 16.5. The molecular weight excluding hydrogens is 270 g/mol. The van der Waals surface area contributed by atoms with E-state index in [4.69, 9.17) is 9.15 Å². The average Bonchev–Trinajstić information content (AvgIpc) is 2.81. The zero-order chi connectivity index (χ0) is 14.8. The number of rotatable bonds is 3. The van der Waals surface area contributed by atoms with Crippen LogP contribution in [0, 0.1) is 6.92 Å². The van der Waals surface area contributed by atoms with Gasteiger partial charge in [-0.3, -0.25) is 4.79 Å². The normalized spacial score (nSPS) is 10.7. The van der Waals surface area contributed by atoms with Crippen molar-refractivity contribution in [3.63, 3.8) is 0 Å². The fourth-order valence-electron chi connectivity index (χ4n) is 2.09. The SMILES string of the molecule is Cc1ccc2oc(=O)n(C(=O)COc3ccccc3)c2c1. The minimum atomic E-state index is -0.697. The van der Waals surface area contributed by atoms with Gasteiger partial charge in [0, 0.05) is 0 Å². The van der Waals surface area contributed by atoms with Crippen LogP contribution in [0.25, 0.3) is 11.1 Å². The molecule has 0 bridgehead atoms. The van der Waals surface area contributed by atoms with Crippen molar-refractivity contribution >= 4 is 17.0 Å². The Labute approximate surface area is 120 Å². The summed E-state index contributed by atoms with van der Waals surface area (Å²) in [6.45, 7) is 1.65. The molecule has 0 radical (unpaired) electrons. The Balaban J connectivity index is 1.89. The van der Waals surface area contributed by atoms with Crippen LogP contribution in [-0.4, -0.2) is 17.1 Å². The molecular formula is C16H13NO4. The highest BCUT2D eigenvalue weighted by molar-refractivity contribution is 5.90. The summed E-state index contributed by atoms with van der Waals surface area (Å²) >= 11 is 0. The van der Waals surface area contributed by atoms with Gasteiger partial charge >= 0.3 is 5.76 Å². The van der Waals surface area contributed by atoms with E-state index in [1.807, 2.05) is 31.2 Å². The van der Waals surface area contributed by atoms with Gasteiger partial charge in [-0.25, -0.2) is 9.36 Å². The van der Waals surface area contributed by atoms with E-state index in [-0.39, 0.29) is 6.61 Å². The highest BCUT2D eigenvalue weighted by Crippen LogP contribution is 2.15. The second kappa shape index (κ2) is 5.28. The second-order valence-electron chi connectivity index (χ2n) is 4.67. The Hall–Kier alpha value is -2.82. The number of benzene rings is 2. The first-order valence-electron chi connectivity index (χ1n) is 6.48. The molecule has 1 heterocycles. The maximum absolute atomic E-state index is 12.2. The smallest absolute Gasteiger partial charge is 0.426 e. The van der Waals surface area contributed by atoms with Crippen LogP contribution in [0.15, 0.2) is 57.7 Å². The van der Waals surface area contributed by atoms with Crippen LogP contribution in [0.4, 0.5) is 0 Å². The second-order valence-corrected chi connectivity index (χ2v) is 4.67. The van der Waals surface area contributed by atoms with Crippen molar-refractivity contribution in [1.82, 2.24) is 4.57 Å². The molecule has 106 valence electrons. The number of para-hydroxylation sites is 1. The maximum atomic E-state index is 12.2. The fourth-order valence-corrected chi connectivity index (χ4v) is 2.09. The third-order valence-electron chi connectivity index (χ3n) is 3.09. The topological polar surface area (TPSA) is 61.4 Å². The fraction of sp³-hybridized carbons (Fsp3) is 0.125. The molecule has 0 saturated heterocycles. The van der Waals surface area contributed by atoms with Gasteiger partial charge in [0.05, 0.1) is 5.52 Å². The van der Waals surface area contributed by atoms with Gasteiger partial charge in [0.1, 0.15) is 5.75 Å². The molecule has 5 heteroatoms. The van der Waals surface area contributed by atoms with Gasteiger partial charge in [0.25, 0.3) is 5.91 Å². The minimum Gasteiger partial charge on any atom is -0.484 e. The predicted octanol–water partition coefficient (Wildman–Crippen LogP) is 2.62. The molecule has 0 N–H and O–H groups in total. The highest BCUT2D eigenvalue weighted by Gasteiger charge is 2.16. The van der Waals surface area contributed by atoms with Crippen LogP contribution in [0.1, 0.15) is 10.4 Å². The first-order chi connectivity index (χ1) is 10.1. The number of fused-ring (bicyclic) bond motifs is 1. The average molecular weight is 283 g/mol. The summed E-state index contributed by atoms with van der Waals surface area (Å²) in [5.74, 6) is -0.589. The molecule has 5 nitrogen and oxygen atoms in total.